The fourth-order valence-electron chi connectivity index (χ4n) is 6.20. The molecule has 3 aromatic rings. The second-order valence-electron chi connectivity index (χ2n) is 10.7. The minimum Gasteiger partial charge on any atom is -0.331 e. The van der Waals surface area contributed by atoms with Crippen LogP contribution < -0.4 is 5.32 Å². The van der Waals surface area contributed by atoms with Crippen molar-refractivity contribution in [2.75, 3.05) is 32.5 Å². The van der Waals surface area contributed by atoms with Gasteiger partial charge in [-0.3, -0.25) is 4.79 Å². The summed E-state index contributed by atoms with van der Waals surface area (Å²) in [4.78, 5) is 29.3. The van der Waals surface area contributed by atoms with Crippen molar-refractivity contribution >= 4 is 29.0 Å². The molecule has 0 atom stereocenters. The number of thiophene rings is 1. The summed E-state index contributed by atoms with van der Waals surface area (Å²) in [5.74, 6) is -0.925. The van der Waals surface area contributed by atoms with E-state index in [1.807, 2.05) is 6.07 Å². The van der Waals surface area contributed by atoms with Crippen LogP contribution in [0.5, 0.6) is 0 Å². The minimum absolute atomic E-state index is 0.0772. The lowest BCUT2D eigenvalue weighted by Crippen LogP contribution is -2.38. The number of carbonyl (C=O) groups excluding carboxylic acids is 1. The molecule has 0 unspecified atom stereocenters. The molecule has 0 bridgehead atoms. The summed E-state index contributed by atoms with van der Waals surface area (Å²) in [6, 6.07) is 3.73. The SMILES string of the molecule is CN1CCC(c2ccc(Nc3ncc(F)c(-c4sc5c(c4C(F)(F)F)C(=O)N(C)C54CCCC4)n3)nc2)CC1. The zero-order valence-electron chi connectivity index (χ0n) is 21.6. The number of carbonyl (C=O) groups is 1. The van der Waals surface area contributed by atoms with Gasteiger partial charge in [-0.05, 0) is 63.4 Å². The number of anilines is 2. The van der Waals surface area contributed by atoms with Gasteiger partial charge in [-0.2, -0.15) is 13.2 Å². The first-order valence-corrected chi connectivity index (χ1v) is 13.9. The molecule has 5 heterocycles. The molecular formula is C27H28F4N6OS. The maximum atomic E-state index is 15.0. The number of nitrogens with zero attached hydrogens (tertiary/aromatic N) is 5. The Kier molecular flexibility index (Phi) is 6.37. The topological polar surface area (TPSA) is 74.2 Å². The highest BCUT2D eigenvalue weighted by Crippen LogP contribution is 2.58. The number of alkyl halides is 3. The highest BCUT2D eigenvalue weighted by molar-refractivity contribution is 7.16. The van der Waals surface area contributed by atoms with Crippen molar-refractivity contribution in [1.82, 2.24) is 24.8 Å². The Labute approximate surface area is 227 Å². The number of hydrogen-bond donors (Lipinski definition) is 1. The van der Waals surface area contributed by atoms with E-state index in [1.165, 1.54) is 4.90 Å². The van der Waals surface area contributed by atoms with E-state index < -0.39 is 39.6 Å². The van der Waals surface area contributed by atoms with E-state index in [2.05, 4.69) is 32.2 Å². The average Bonchev–Trinajstić information content (AvgIpc) is 3.60. The number of pyridine rings is 1. The molecule has 7 nitrogen and oxygen atoms in total. The molecule has 1 saturated carbocycles. The molecule has 2 fully saturated rings. The van der Waals surface area contributed by atoms with Crippen LogP contribution in [0.4, 0.5) is 29.3 Å². The molecule has 12 heteroatoms. The highest BCUT2D eigenvalue weighted by atomic mass is 32.1. The molecule has 3 aromatic heterocycles. The molecule has 1 spiro atoms. The van der Waals surface area contributed by atoms with Gasteiger partial charge in [0.1, 0.15) is 11.5 Å². The quantitative estimate of drug-likeness (QED) is 0.385. The van der Waals surface area contributed by atoms with Crippen LogP contribution in [0.15, 0.2) is 24.5 Å². The maximum Gasteiger partial charge on any atom is 0.418 e. The van der Waals surface area contributed by atoms with Crippen molar-refractivity contribution in [3.8, 4) is 10.6 Å². The number of halogens is 4. The third-order valence-corrected chi connectivity index (χ3v) is 9.77. The number of fused-ring (bicyclic) bond motifs is 2. The summed E-state index contributed by atoms with van der Waals surface area (Å²) in [6.45, 7) is 2.04. The zero-order chi connectivity index (χ0) is 27.5. The Morgan fingerprint density at radius 3 is 2.44 bits per heavy atom. The third kappa shape index (κ3) is 4.37. The average molecular weight is 561 g/mol. The molecule has 6 rings (SSSR count). The Hall–Kier alpha value is -3.12. The van der Waals surface area contributed by atoms with Gasteiger partial charge in [0.05, 0.1) is 27.7 Å². The molecule has 0 aromatic carbocycles. The molecule has 39 heavy (non-hydrogen) atoms. The molecule has 1 aliphatic carbocycles. The van der Waals surface area contributed by atoms with Crippen LogP contribution in [0.3, 0.4) is 0 Å². The molecule has 0 radical (unpaired) electrons. The first-order valence-electron chi connectivity index (χ1n) is 13.1. The van der Waals surface area contributed by atoms with Gasteiger partial charge in [-0.1, -0.05) is 18.9 Å². The smallest absolute Gasteiger partial charge is 0.331 e. The van der Waals surface area contributed by atoms with Crippen molar-refractivity contribution in [3.05, 3.63) is 51.9 Å². The summed E-state index contributed by atoms with van der Waals surface area (Å²) in [5.41, 5.74) is -1.63. The predicted molar refractivity (Wildman–Crippen MR) is 140 cm³/mol. The van der Waals surface area contributed by atoms with Gasteiger partial charge in [0.15, 0.2) is 5.82 Å². The number of nitrogens with one attached hydrogen (secondary N) is 1. The third-order valence-electron chi connectivity index (χ3n) is 8.38. The van der Waals surface area contributed by atoms with Gasteiger partial charge in [-0.25, -0.2) is 19.3 Å². The number of aromatic nitrogens is 3. The van der Waals surface area contributed by atoms with E-state index in [0.29, 0.717) is 29.5 Å². The predicted octanol–water partition coefficient (Wildman–Crippen LogP) is 6.17. The first kappa shape index (κ1) is 26.1. The van der Waals surface area contributed by atoms with E-state index in [4.69, 9.17) is 0 Å². The number of amides is 1. The van der Waals surface area contributed by atoms with Crippen molar-refractivity contribution in [2.24, 2.45) is 0 Å². The summed E-state index contributed by atoms with van der Waals surface area (Å²) < 4.78 is 58.3. The summed E-state index contributed by atoms with van der Waals surface area (Å²) in [6.07, 6.45) is 2.63. The van der Waals surface area contributed by atoms with Gasteiger partial charge in [0.25, 0.3) is 5.91 Å². The molecule has 1 amide bonds. The van der Waals surface area contributed by atoms with Crippen LogP contribution >= 0.6 is 11.3 Å². The maximum absolute atomic E-state index is 15.0. The van der Waals surface area contributed by atoms with Crippen LogP contribution in [-0.2, 0) is 11.7 Å². The Morgan fingerprint density at radius 1 is 1.08 bits per heavy atom. The Balaban J connectivity index is 1.34. The van der Waals surface area contributed by atoms with Crippen LogP contribution in [-0.4, -0.2) is 57.8 Å². The van der Waals surface area contributed by atoms with Crippen LogP contribution in [0.2, 0.25) is 0 Å². The van der Waals surface area contributed by atoms with Crippen molar-refractivity contribution < 1.29 is 22.4 Å². The van der Waals surface area contributed by atoms with Gasteiger partial charge in [-0.15, -0.1) is 11.3 Å². The molecule has 2 aliphatic heterocycles. The van der Waals surface area contributed by atoms with Gasteiger partial charge < -0.3 is 15.1 Å². The molecule has 206 valence electrons. The van der Waals surface area contributed by atoms with E-state index in [-0.39, 0.29) is 11.5 Å². The fourth-order valence-corrected chi connectivity index (χ4v) is 7.79. The van der Waals surface area contributed by atoms with Gasteiger partial charge in [0.2, 0.25) is 5.95 Å². The Morgan fingerprint density at radius 2 is 1.79 bits per heavy atom. The summed E-state index contributed by atoms with van der Waals surface area (Å²) >= 11 is 0.820. The zero-order valence-corrected chi connectivity index (χ0v) is 22.4. The normalized spacial score (nSPS) is 19.7. The van der Waals surface area contributed by atoms with Gasteiger partial charge in [0, 0.05) is 18.1 Å². The summed E-state index contributed by atoms with van der Waals surface area (Å²) in [5, 5.41) is 2.89. The largest absolute Gasteiger partial charge is 0.418 e. The van der Waals surface area contributed by atoms with E-state index in [0.717, 1.165) is 61.9 Å². The van der Waals surface area contributed by atoms with E-state index in [9.17, 15) is 18.0 Å². The minimum atomic E-state index is -4.86. The van der Waals surface area contributed by atoms with Crippen molar-refractivity contribution in [2.45, 2.75) is 56.2 Å². The van der Waals surface area contributed by atoms with E-state index in [1.54, 1.807) is 19.3 Å². The second-order valence-corrected chi connectivity index (χ2v) is 11.7. The first-order chi connectivity index (χ1) is 18.6. The van der Waals surface area contributed by atoms with Crippen molar-refractivity contribution in [1.29, 1.82) is 0 Å². The second kappa shape index (κ2) is 9.51. The lowest BCUT2D eigenvalue weighted by Gasteiger charge is -2.32. The Bertz CT molecular complexity index is 1410. The lowest BCUT2D eigenvalue weighted by atomic mass is 9.91. The number of hydrogen-bond acceptors (Lipinski definition) is 7. The molecular weight excluding hydrogens is 532 g/mol. The van der Waals surface area contributed by atoms with Gasteiger partial charge >= 0.3 is 6.18 Å². The molecule has 3 aliphatic rings. The highest BCUT2D eigenvalue weighted by Gasteiger charge is 2.56. The van der Waals surface area contributed by atoms with Crippen LogP contribution in [0, 0.1) is 5.82 Å². The van der Waals surface area contributed by atoms with Crippen LogP contribution in [0.25, 0.3) is 10.6 Å². The fraction of sp³-hybridized carbons (Fsp3) is 0.481. The van der Waals surface area contributed by atoms with E-state index >= 15 is 4.39 Å². The number of likely N-dealkylation sites (tertiary alicyclic amines) is 1. The van der Waals surface area contributed by atoms with Crippen LogP contribution in [0.1, 0.15) is 70.8 Å². The molecule has 1 saturated heterocycles. The lowest BCUT2D eigenvalue weighted by molar-refractivity contribution is -0.137. The number of piperidine rings is 1. The standard InChI is InChI=1S/C27H28F4N6OS/c1-36-11-7-15(8-12-36)16-5-6-18(32-13-16)34-25-33-14-17(28)21(35-25)22-20(27(29,30)31)19-23(39-22)26(9-3-4-10-26)37(2)24(19)38/h5-6,13-15H,3-4,7-12H2,1-2H3,(H,32,33,34,35). The monoisotopic (exact) mass is 560 g/mol. The summed E-state index contributed by atoms with van der Waals surface area (Å²) in [7, 11) is 3.65. The molecule has 1 N–H and O–H groups in total. The number of rotatable bonds is 4. The van der Waals surface area contributed by atoms with Crippen molar-refractivity contribution in [3.63, 3.8) is 0 Å².